The van der Waals surface area contributed by atoms with Crippen molar-refractivity contribution in [1.82, 2.24) is 4.98 Å². The summed E-state index contributed by atoms with van der Waals surface area (Å²) in [5.74, 6) is -1.03. The minimum absolute atomic E-state index is 0.175. The number of rotatable bonds is 7. The Morgan fingerprint density at radius 3 is 2.41 bits per heavy atom. The molecule has 0 saturated carbocycles. The van der Waals surface area contributed by atoms with Crippen LogP contribution in [0.1, 0.15) is 21.9 Å². The number of aryl methyl sites for hydroxylation is 1. The number of aromatic nitrogens is 1. The van der Waals surface area contributed by atoms with Crippen LogP contribution < -0.4 is 24.6 Å². The first-order valence-corrected chi connectivity index (χ1v) is 14.5. The number of ether oxygens (including phenoxy) is 2. The number of nitrogens with one attached hydrogen (secondary N) is 2. The summed E-state index contributed by atoms with van der Waals surface area (Å²) in [6.07, 6.45) is 0. The smallest absolute Gasteiger partial charge is 0.305 e. The highest BCUT2D eigenvalue weighted by Gasteiger charge is 2.56. The van der Waals surface area contributed by atoms with Crippen LogP contribution in [-0.2, 0) is 14.4 Å². The van der Waals surface area contributed by atoms with Gasteiger partial charge in [0.25, 0.3) is 5.91 Å². The topological polar surface area (TPSA) is 118 Å². The Balaban J connectivity index is 1.24. The van der Waals surface area contributed by atoms with Crippen molar-refractivity contribution in [3.8, 4) is 11.5 Å². The van der Waals surface area contributed by atoms with Crippen molar-refractivity contribution in [2.45, 2.75) is 23.1 Å². The molecule has 2 aliphatic rings. The van der Waals surface area contributed by atoms with Gasteiger partial charge in [-0.2, -0.15) is 0 Å². The molecule has 3 amide bonds. The number of thioether (sulfide) groups is 1. The van der Waals surface area contributed by atoms with Gasteiger partial charge >= 0.3 is 4.87 Å². The molecular formula is C30H25N3O6S2. The van der Waals surface area contributed by atoms with E-state index in [4.69, 9.17) is 9.47 Å². The van der Waals surface area contributed by atoms with Gasteiger partial charge < -0.3 is 19.8 Å². The molecule has 9 nitrogen and oxygen atoms in total. The van der Waals surface area contributed by atoms with Crippen LogP contribution in [0.5, 0.6) is 11.5 Å². The largest absolute Gasteiger partial charge is 0.497 e. The van der Waals surface area contributed by atoms with E-state index in [1.165, 1.54) is 16.7 Å². The lowest BCUT2D eigenvalue weighted by Crippen LogP contribution is -2.32. The van der Waals surface area contributed by atoms with Gasteiger partial charge in [-0.3, -0.25) is 19.2 Å². The third-order valence-electron chi connectivity index (χ3n) is 7.07. The van der Waals surface area contributed by atoms with Crippen molar-refractivity contribution in [2.24, 2.45) is 5.92 Å². The molecule has 208 valence electrons. The minimum atomic E-state index is -0.694. The third-order valence-corrected chi connectivity index (χ3v) is 9.47. The second-order valence-electron chi connectivity index (χ2n) is 9.74. The zero-order chi connectivity index (χ0) is 28.7. The van der Waals surface area contributed by atoms with Crippen molar-refractivity contribution in [3.63, 3.8) is 0 Å². The van der Waals surface area contributed by atoms with Gasteiger partial charge in [0.05, 0.1) is 23.7 Å². The van der Waals surface area contributed by atoms with Crippen LogP contribution in [-0.4, -0.2) is 41.7 Å². The highest BCUT2D eigenvalue weighted by atomic mass is 32.2. The Labute approximate surface area is 243 Å². The highest BCUT2D eigenvalue weighted by Crippen LogP contribution is 2.53. The molecule has 11 heteroatoms. The Kier molecular flexibility index (Phi) is 7.14. The maximum atomic E-state index is 13.8. The SMILES string of the molecule is COc1ccc(N2C(=O)C3Sc4[nH]c(=O)sc4C(c4ccc(OCC(=O)Nc5cccc(C)c5)cc4)C3C2=O)cc1. The van der Waals surface area contributed by atoms with Gasteiger partial charge in [-0.15, -0.1) is 0 Å². The molecule has 0 radical (unpaired) electrons. The summed E-state index contributed by atoms with van der Waals surface area (Å²) < 4.78 is 10.9. The number of anilines is 2. The second kappa shape index (κ2) is 10.9. The summed E-state index contributed by atoms with van der Waals surface area (Å²) in [6.45, 7) is 1.77. The summed E-state index contributed by atoms with van der Waals surface area (Å²) in [6, 6.07) is 21.3. The van der Waals surface area contributed by atoms with Gasteiger partial charge in [-0.1, -0.05) is 47.4 Å². The van der Waals surface area contributed by atoms with Crippen molar-refractivity contribution in [1.29, 1.82) is 0 Å². The number of thiazole rings is 1. The van der Waals surface area contributed by atoms with Gasteiger partial charge in [-0.05, 0) is 66.6 Å². The van der Waals surface area contributed by atoms with E-state index in [1.807, 2.05) is 43.3 Å². The lowest BCUT2D eigenvalue weighted by atomic mass is 9.83. The number of carbonyl (C=O) groups is 3. The van der Waals surface area contributed by atoms with E-state index < -0.39 is 17.1 Å². The van der Waals surface area contributed by atoms with E-state index in [0.29, 0.717) is 27.9 Å². The fourth-order valence-electron chi connectivity index (χ4n) is 5.20. The van der Waals surface area contributed by atoms with E-state index in [-0.39, 0.29) is 29.2 Å². The number of amides is 3. The van der Waals surface area contributed by atoms with Crippen molar-refractivity contribution in [2.75, 3.05) is 23.9 Å². The van der Waals surface area contributed by atoms with Crippen molar-refractivity contribution in [3.05, 3.63) is 98.5 Å². The monoisotopic (exact) mass is 587 g/mol. The van der Waals surface area contributed by atoms with Gasteiger partial charge in [0.2, 0.25) is 11.8 Å². The maximum Gasteiger partial charge on any atom is 0.305 e. The van der Waals surface area contributed by atoms with Gasteiger partial charge in [0.15, 0.2) is 6.61 Å². The number of fused-ring (bicyclic) bond motifs is 2. The average molecular weight is 588 g/mol. The molecule has 4 aromatic rings. The quantitative estimate of drug-likeness (QED) is 0.304. The maximum absolute atomic E-state index is 13.8. The van der Waals surface area contributed by atoms with E-state index in [2.05, 4.69) is 10.3 Å². The number of hydrogen-bond acceptors (Lipinski definition) is 8. The van der Waals surface area contributed by atoms with Gasteiger partial charge in [0.1, 0.15) is 16.7 Å². The number of imide groups is 1. The van der Waals surface area contributed by atoms with Crippen molar-refractivity contribution < 1.29 is 23.9 Å². The van der Waals surface area contributed by atoms with Gasteiger partial charge in [-0.25, -0.2) is 4.90 Å². The standard InChI is InChI=1S/C30H25N3O6S2/c1-16-4-3-5-18(14-16)31-22(34)15-39-21-10-6-17(7-11-21)23-24-26(40-27-25(23)41-30(37)32-27)29(36)33(28(24)35)19-8-12-20(38-2)13-9-19/h3-14,23-24,26H,15H2,1-2H3,(H,31,34)(H,32,37). The average Bonchev–Trinajstić information content (AvgIpc) is 3.46. The number of methoxy groups -OCH3 is 1. The summed E-state index contributed by atoms with van der Waals surface area (Å²) in [4.78, 5) is 56.6. The van der Waals surface area contributed by atoms with Crippen LogP contribution in [0, 0.1) is 12.8 Å². The Bertz CT molecular complexity index is 1700. The predicted octanol–water partition coefficient (Wildman–Crippen LogP) is 4.57. The van der Waals surface area contributed by atoms with Crippen LogP contribution in [0.4, 0.5) is 11.4 Å². The molecule has 3 heterocycles. The first-order chi connectivity index (χ1) is 19.8. The molecule has 2 aliphatic heterocycles. The molecule has 3 atom stereocenters. The summed E-state index contributed by atoms with van der Waals surface area (Å²) in [7, 11) is 1.55. The lowest BCUT2D eigenvalue weighted by Gasteiger charge is -2.29. The molecule has 41 heavy (non-hydrogen) atoms. The molecule has 1 saturated heterocycles. The van der Waals surface area contributed by atoms with Crippen LogP contribution in [0.3, 0.4) is 0 Å². The normalized spacial score (nSPS) is 19.5. The summed E-state index contributed by atoms with van der Waals surface area (Å²) in [5, 5.41) is 2.73. The predicted molar refractivity (Wildman–Crippen MR) is 157 cm³/mol. The molecule has 0 bridgehead atoms. The fourth-order valence-corrected chi connectivity index (χ4v) is 7.72. The first kappa shape index (κ1) is 26.9. The number of aromatic amines is 1. The minimum Gasteiger partial charge on any atom is -0.497 e. The molecule has 6 rings (SSSR count). The van der Waals surface area contributed by atoms with Crippen LogP contribution >= 0.6 is 23.1 Å². The zero-order valence-electron chi connectivity index (χ0n) is 22.1. The summed E-state index contributed by atoms with van der Waals surface area (Å²) in [5.41, 5.74) is 2.97. The Hall–Kier alpha value is -4.35. The number of H-pyrrole nitrogens is 1. The van der Waals surface area contributed by atoms with E-state index in [9.17, 15) is 19.2 Å². The number of nitrogens with zero attached hydrogens (tertiary/aromatic N) is 1. The molecule has 2 N–H and O–H groups in total. The lowest BCUT2D eigenvalue weighted by molar-refractivity contribution is -0.122. The van der Waals surface area contributed by atoms with Crippen molar-refractivity contribution >= 4 is 52.2 Å². The highest BCUT2D eigenvalue weighted by molar-refractivity contribution is 8.00. The summed E-state index contributed by atoms with van der Waals surface area (Å²) >= 11 is 2.28. The molecule has 0 spiro atoms. The molecule has 3 aromatic carbocycles. The molecule has 1 aromatic heterocycles. The Morgan fingerprint density at radius 1 is 0.976 bits per heavy atom. The zero-order valence-corrected chi connectivity index (χ0v) is 23.7. The number of carbonyl (C=O) groups excluding carboxylic acids is 3. The first-order valence-electron chi connectivity index (χ1n) is 12.8. The van der Waals surface area contributed by atoms with Crippen LogP contribution in [0.2, 0.25) is 0 Å². The fraction of sp³-hybridized carbons (Fsp3) is 0.200. The molecule has 1 fully saturated rings. The molecular weight excluding hydrogens is 562 g/mol. The van der Waals surface area contributed by atoms with E-state index in [1.54, 1.807) is 43.5 Å². The molecule has 3 unspecified atom stereocenters. The number of hydrogen-bond donors (Lipinski definition) is 2. The third kappa shape index (κ3) is 5.14. The second-order valence-corrected chi connectivity index (χ2v) is 11.9. The van der Waals surface area contributed by atoms with Gasteiger partial charge in [0, 0.05) is 16.5 Å². The van der Waals surface area contributed by atoms with Crippen LogP contribution in [0.25, 0.3) is 0 Å². The van der Waals surface area contributed by atoms with E-state index >= 15 is 0 Å². The van der Waals surface area contributed by atoms with Crippen LogP contribution in [0.15, 0.2) is 82.6 Å². The van der Waals surface area contributed by atoms with E-state index in [0.717, 1.165) is 27.3 Å². The number of benzene rings is 3. The molecule has 0 aliphatic carbocycles. The Morgan fingerprint density at radius 2 is 1.71 bits per heavy atom.